The molecule has 0 aromatic heterocycles. The number of phenols is 2. The maximum absolute atomic E-state index is 9.86. The van der Waals surface area contributed by atoms with E-state index in [1.807, 2.05) is 38.1 Å². The van der Waals surface area contributed by atoms with E-state index < -0.39 is 0 Å². The highest BCUT2D eigenvalue weighted by atomic mass is 16.3. The minimum absolute atomic E-state index is 0.0893. The smallest absolute Gasteiger partial charge is 0.127 e. The molecule has 16 heavy (non-hydrogen) atoms. The van der Waals surface area contributed by atoms with Crippen LogP contribution in [0.15, 0.2) is 36.4 Å². The molecule has 0 aliphatic heterocycles. The number of phenolic OH excluding ortho intramolecular Hbond substituents is 2. The van der Waals surface area contributed by atoms with Crippen LogP contribution in [0.1, 0.15) is 11.1 Å². The molecule has 0 heterocycles. The lowest BCUT2D eigenvalue weighted by molar-refractivity contribution is 0.451. The van der Waals surface area contributed by atoms with Gasteiger partial charge in [-0.1, -0.05) is 29.8 Å². The second-order valence-electron chi connectivity index (χ2n) is 4.03. The van der Waals surface area contributed by atoms with Crippen molar-refractivity contribution >= 4 is 0 Å². The van der Waals surface area contributed by atoms with Crippen LogP contribution in [0.5, 0.6) is 11.5 Å². The first-order valence-electron chi connectivity index (χ1n) is 5.17. The van der Waals surface area contributed by atoms with Crippen molar-refractivity contribution in [2.75, 3.05) is 0 Å². The van der Waals surface area contributed by atoms with Gasteiger partial charge in [0.05, 0.1) is 0 Å². The van der Waals surface area contributed by atoms with Crippen LogP contribution in [0, 0.1) is 13.8 Å². The van der Waals surface area contributed by atoms with Gasteiger partial charge in [0.15, 0.2) is 0 Å². The summed E-state index contributed by atoms with van der Waals surface area (Å²) in [5.74, 6) is 0.203. The maximum Gasteiger partial charge on any atom is 0.127 e. The summed E-state index contributed by atoms with van der Waals surface area (Å²) in [6.45, 7) is 3.88. The van der Waals surface area contributed by atoms with Gasteiger partial charge in [-0.3, -0.25) is 0 Å². The third-order valence-electron chi connectivity index (χ3n) is 2.61. The van der Waals surface area contributed by atoms with Gasteiger partial charge in [0, 0.05) is 11.6 Å². The highest BCUT2D eigenvalue weighted by Crippen LogP contribution is 2.35. The van der Waals surface area contributed by atoms with E-state index in [9.17, 15) is 10.2 Å². The van der Waals surface area contributed by atoms with E-state index in [0.717, 1.165) is 22.3 Å². The Labute approximate surface area is 94.8 Å². The Morgan fingerprint density at radius 1 is 0.938 bits per heavy atom. The van der Waals surface area contributed by atoms with Gasteiger partial charge < -0.3 is 10.2 Å². The lowest BCUT2D eigenvalue weighted by atomic mass is 9.98. The second-order valence-corrected chi connectivity index (χ2v) is 4.03. The van der Waals surface area contributed by atoms with Crippen molar-refractivity contribution in [3.63, 3.8) is 0 Å². The molecule has 0 fully saturated rings. The lowest BCUT2D eigenvalue weighted by Crippen LogP contribution is -1.85. The first-order valence-corrected chi connectivity index (χ1v) is 5.17. The second kappa shape index (κ2) is 3.89. The normalized spacial score (nSPS) is 10.4. The fourth-order valence-electron chi connectivity index (χ4n) is 1.93. The Bertz CT molecular complexity index is 507. The molecule has 0 amide bonds. The van der Waals surface area contributed by atoms with Gasteiger partial charge in [-0.2, -0.15) is 0 Å². The summed E-state index contributed by atoms with van der Waals surface area (Å²) >= 11 is 0. The van der Waals surface area contributed by atoms with Crippen LogP contribution in [0.4, 0.5) is 0 Å². The zero-order valence-corrected chi connectivity index (χ0v) is 9.36. The Hall–Kier alpha value is -1.96. The summed E-state index contributed by atoms with van der Waals surface area (Å²) in [5.41, 5.74) is 3.75. The van der Waals surface area contributed by atoms with Gasteiger partial charge in [0.1, 0.15) is 11.5 Å². The first-order chi connectivity index (χ1) is 7.58. The SMILES string of the molecule is Cc1cccc(-c2c(C)cc(O)cc2O)c1. The molecule has 0 saturated carbocycles. The Morgan fingerprint density at radius 2 is 1.69 bits per heavy atom. The molecule has 2 rings (SSSR count). The van der Waals surface area contributed by atoms with Crippen LogP contribution in [-0.2, 0) is 0 Å². The van der Waals surface area contributed by atoms with Crippen LogP contribution >= 0.6 is 0 Å². The summed E-state index contributed by atoms with van der Waals surface area (Å²) < 4.78 is 0. The summed E-state index contributed by atoms with van der Waals surface area (Å²) in [6, 6.07) is 10.9. The number of benzene rings is 2. The molecular formula is C14H14O2. The van der Waals surface area contributed by atoms with E-state index in [0.29, 0.717) is 0 Å². The third-order valence-corrected chi connectivity index (χ3v) is 2.61. The predicted molar refractivity (Wildman–Crippen MR) is 64.7 cm³/mol. The molecule has 0 atom stereocenters. The fraction of sp³-hybridized carbons (Fsp3) is 0.143. The van der Waals surface area contributed by atoms with E-state index in [-0.39, 0.29) is 11.5 Å². The average Bonchev–Trinajstić information content (AvgIpc) is 2.15. The zero-order valence-electron chi connectivity index (χ0n) is 9.36. The molecule has 2 aromatic carbocycles. The number of hydrogen-bond acceptors (Lipinski definition) is 2. The molecule has 0 aliphatic carbocycles. The van der Waals surface area contributed by atoms with Gasteiger partial charge in [-0.25, -0.2) is 0 Å². The van der Waals surface area contributed by atoms with Gasteiger partial charge in [0.25, 0.3) is 0 Å². The topological polar surface area (TPSA) is 40.5 Å². The van der Waals surface area contributed by atoms with E-state index in [2.05, 4.69) is 0 Å². The van der Waals surface area contributed by atoms with Crippen LogP contribution in [0.2, 0.25) is 0 Å². The van der Waals surface area contributed by atoms with E-state index in [1.54, 1.807) is 6.07 Å². The molecule has 0 saturated heterocycles. The fourth-order valence-corrected chi connectivity index (χ4v) is 1.93. The predicted octanol–water partition coefficient (Wildman–Crippen LogP) is 3.38. The Balaban J connectivity index is 2.64. The Kier molecular flexibility index (Phi) is 2.57. The standard InChI is InChI=1S/C14H14O2/c1-9-4-3-5-11(6-9)14-10(2)7-12(15)8-13(14)16/h3-8,15-16H,1-2H3. The van der Waals surface area contributed by atoms with Gasteiger partial charge in [-0.15, -0.1) is 0 Å². The van der Waals surface area contributed by atoms with E-state index in [4.69, 9.17) is 0 Å². The van der Waals surface area contributed by atoms with Gasteiger partial charge in [-0.05, 0) is 31.0 Å². The summed E-state index contributed by atoms with van der Waals surface area (Å²) in [6.07, 6.45) is 0. The molecule has 82 valence electrons. The minimum Gasteiger partial charge on any atom is -0.508 e. The average molecular weight is 214 g/mol. The number of rotatable bonds is 1. The van der Waals surface area contributed by atoms with Crippen LogP contribution in [0.3, 0.4) is 0 Å². The van der Waals surface area contributed by atoms with Crippen molar-refractivity contribution in [3.8, 4) is 22.6 Å². The largest absolute Gasteiger partial charge is 0.508 e. The van der Waals surface area contributed by atoms with E-state index >= 15 is 0 Å². The maximum atomic E-state index is 9.86. The molecule has 0 radical (unpaired) electrons. The van der Waals surface area contributed by atoms with Crippen molar-refractivity contribution in [3.05, 3.63) is 47.5 Å². The number of aryl methyl sites for hydroxylation is 2. The summed E-state index contributed by atoms with van der Waals surface area (Å²) in [5, 5.41) is 19.2. The molecule has 2 nitrogen and oxygen atoms in total. The molecule has 2 N–H and O–H groups in total. The highest BCUT2D eigenvalue weighted by Gasteiger charge is 2.09. The minimum atomic E-state index is 0.0893. The Morgan fingerprint density at radius 3 is 2.31 bits per heavy atom. The molecule has 0 unspecified atom stereocenters. The van der Waals surface area contributed by atoms with Crippen molar-refractivity contribution in [2.24, 2.45) is 0 Å². The van der Waals surface area contributed by atoms with Crippen molar-refractivity contribution in [1.82, 2.24) is 0 Å². The third kappa shape index (κ3) is 1.87. The molecule has 0 aliphatic rings. The van der Waals surface area contributed by atoms with Crippen molar-refractivity contribution < 1.29 is 10.2 Å². The van der Waals surface area contributed by atoms with Crippen molar-refractivity contribution in [2.45, 2.75) is 13.8 Å². The lowest BCUT2D eigenvalue weighted by Gasteiger charge is -2.10. The van der Waals surface area contributed by atoms with Crippen LogP contribution in [-0.4, -0.2) is 10.2 Å². The van der Waals surface area contributed by atoms with Crippen molar-refractivity contribution in [1.29, 1.82) is 0 Å². The molecule has 0 bridgehead atoms. The highest BCUT2D eigenvalue weighted by molar-refractivity contribution is 5.75. The van der Waals surface area contributed by atoms with Crippen LogP contribution < -0.4 is 0 Å². The summed E-state index contributed by atoms with van der Waals surface area (Å²) in [4.78, 5) is 0. The molecule has 2 heteroatoms. The summed E-state index contributed by atoms with van der Waals surface area (Å²) in [7, 11) is 0. The monoisotopic (exact) mass is 214 g/mol. The first kappa shape index (κ1) is 10.6. The molecular weight excluding hydrogens is 200 g/mol. The van der Waals surface area contributed by atoms with E-state index in [1.165, 1.54) is 6.07 Å². The molecule has 0 spiro atoms. The zero-order chi connectivity index (χ0) is 11.7. The quantitative estimate of drug-likeness (QED) is 0.764. The van der Waals surface area contributed by atoms with Gasteiger partial charge >= 0.3 is 0 Å². The number of hydrogen-bond donors (Lipinski definition) is 2. The van der Waals surface area contributed by atoms with Gasteiger partial charge in [0.2, 0.25) is 0 Å². The number of aromatic hydroxyl groups is 2. The molecule has 2 aromatic rings. The van der Waals surface area contributed by atoms with Crippen LogP contribution in [0.25, 0.3) is 11.1 Å².